The lowest BCUT2D eigenvalue weighted by molar-refractivity contribution is 0.122. The molecule has 0 atom stereocenters. The number of aromatic nitrogens is 4. The third kappa shape index (κ3) is 2.21. The van der Waals surface area contributed by atoms with Gasteiger partial charge in [0.1, 0.15) is 5.82 Å². The smallest absolute Gasteiger partial charge is 0.229 e. The molecule has 21 heavy (non-hydrogen) atoms. The molecule has 112 valence electrons. The van der Waals surface area contributed by atoms with Crippen molar-refractivity contribution in [3.63, 3.8) is 0 Å². The summed E-state index contributed by atoms with van der Waals surface area (Å²) in [6.07, 6.45) is 4.35. The van der Waals surface area contributed by atoms with Gasteiger partial charge in [-0.3, -0.25) is 4.68 Å². The van der Waals surface area contributed by atoms with Crippen LogP contribution in [0.2, 0.25) is 0 Å². The molecule has 0 unspecified atom stereocenters. The van der Waals surface area contributed by atoms with Gasteiger partial charge in [-0.2, -0.15) is 15.1 Å². The van der Waals surface area contributed by atoms with Crippen molar-refractivity contribution in [1.29, 1.82) is 0 Å². The summed E-state index contributed by atoms with van der Waals surface area (Å²) in [5.41, 5.74) is 0.911. The number of fused-ring (bicyclic) bond motifs is 1. The molecule has 0 aromatic carbocycles. The first-order valence-corrected chi connectivity index (χ1v) is 7.60. The highest BCUT2D eigenvalue weighted by Crippen LogP contribution is 2.28. The van der Waals surface area contributed by atoms with Crippen molar-refractivity contribution in [3.05, 3.63) is 6.20 Å². The number of nitrogens with zero attached hydrogens (tertiary/aromatic N) is 6. The van der Waals surface area contributed by atoms with Gasteiger partial charge >= 0.3 is 0 Å². The average Bonchev–Trinajstić information content (AvgIpc) is 3.18. The van der Waals surface area contributed by atoms with Gasteiger partial charge in [0.05, 0.1) is 24.8 Å². The summed E-state index contributed by atoms with van der Waals surface area (Å²) in [5.74, 6) is 1.84. The Hall–Kier alpha value is -1.89. The quantitative estimate of drug-likeness (QED) is 0.814. The van der Waals surface area contributed by atoms with E-state index in [0.29, 0.717) is 0 Å². The van der Waals surface area contributed by atoms with Crippen LogP contribution in [0.3, 0.4) is 0 Å². The standard InChI is InChI=1S/C14H20N6O/c1-18-12-11(10-15-18)13(19-4-2-3-5-19)17-14(16-12)20-6-8-21-9-7-20/h10H,2-9H2,1H3. The fourth-order valence-corrected chi connectivity index (χ4v) is 3.07. The van der Waals surface area contributed by atoms with Gasteiger partial charge in [0.2, 0.25) is 5.95 Å². The Morgan fingerprint density at radius 1 is 1.00 bits per heavy atom. The van der Waals surface area contributed by atoms with E-state index in [2.05, 4.69) is 14.9 Å². The molecule has 0 aliphatic carbocycles. The summed E-state index contributed by atoms with van der Waals surface area (Å²) in [6, 6.07) is 0. The zero-order valence-electron chi connectivity index (χ0n) is 12.3. The second-order valence-electron chi connectivity index (χ2n) is 5.65. The highest BCUT2D eigenvalue weighted by molar-refractivity contribution is 5.88. The van der Waals surface area contributed by atoms with E-state index in [4.69, 9.17) is 14.7 Å². The van der Waals surface area contributed by atoms with Crippen molar-refractivity contribution in [2.75, 3.05) is 49.2 Å². The number of ether oxygens (including phenoxy) is 1. The van der Waals surface area contributed by atoms with Crippen LogP contribution in [0.15, 0.2) is 6.20 Å². The van der Waals surface area contributed by atoms with Crippen LogP contribution >= 0.6 is 0 Å². The van der Waals surface area contributed by atoms with Crippen LogP contribution < -0.4 is 9.80 Å². The van der Waals surface area contributed by atoms with Crippen molar-refractivity contribution in [2.45, 2.75) is 12.8 Å². The zero-order chi connectivity index (χ0) is 14.2. The van der Waals surface area contributed by atoms with Crippen LogP contribution in [-0.2, 0) is 11.8 Å². The fraction of sp³-hybridized carbons (Fsp3) is 0.643. The maximum absolute atomic E-state index is 5.42. The molecule has 2 aliphatic rings. The molecule has 0 N–H and O–H groups in total. The first-order chi connectivity index (χ1) is 10.3. The maximum atomic E-state index is 5.42. The third-order valence-electron chi connectivity index (χ3n) is 4.26. The Kier molecular flexibility index (Phi) is 3.14. The highest BCUT2D eigenvalue weighted by atomic mass is 16.5. The highest BCUT2D eigenvalue weighted by Gasteiger charge is 2.22. The van der Waals surface area contributed by atoms with Crippen molar-refractivity contribution in [2.24, 2.45) is 7.05 Å². The van der Waals surface area contributed by atoms with Gasteiger partial charge < -0.3 is 14.5 Å². The lowest BCUT2D eigenvalue weighted by Gasteiger charge is -2.28. The van der Waals surface area contributed by atoms with E-state index in [9.17, 15) is 0 Å². The first-order valence-electron chi connectivity index (χ1n) is 7.60. The fourth-order valence-electron chi connectivity index (χ4n) is 3.07. The molecule has 2 aromatic rings. The number of aryl methyl sites for hydroxylation is 1. The van der Waals surface area contributed by atoms with Crippen LogP contribution in [0.1, 0.15) is 12.8 Å². The number of hydrogen-bond acceptors (Lipinski definition) is 6. The van der Waals surface area contributed by atoms with E-state index in [0.717, 1.165) is 62.2 Å². The minimum absolute atomic E-state index is 0.742. The monoisotopic (exact) mass is 288 g/mol. The second-order valence-corrected chi connectivity index (χ2v) is 5.65. The average molecular weight is 288 g/mol. The predicted molar refractivity (Wildman–Crippen MR) is 80.8 cm³/mol. The second kappa shape index (κ2) is 5.14. The molecule has 2 fully saturated rings. The van der Waals surface area contributed by atoms with E-state index in [1.165, 1.54) is 12.8 Å². The van der Waals surface area contributed by atoms with Gasteiger partial charge in [-0.15, -0.1) is 0 Å². The topological polar surface area (TPSA) is 59.3 Å². The maximum Gasteiger partial charge on any atom is 0.229 e. The molecule has 0 radical (unpaired) electrons. The molecular formula is C14H20N6O. The van der Waals surface area contributed by atoms with Crippen molar-refractivity contribution in [3.8, 4) is 0 Å². The van der Waals surface area contributed by atoms with Gasteiger partial charge in [0, 0.05) is 33.2 Å². The lowest BCUT2D eigenvalue weighted by atomic mass is 10.3. The minimum Gasteiger partial charge on any atom is -0.378 e. The lowest BCUT2D eigenvalue weighted by Crippen LogP contribution is -2.37. The Bertz CT molecular complexity index is 642. The van der Waals surface area contributed by atoms with Gasteiger partial charge in [-0.05, 0) is 12.8 Å². The summed E-state index contributed by atoms with van der Waals surface area (Å²) < 4.78 is 7.26. The summed E-state index contributed by atoms with van der Waals surface area (Å²) in [5, 5.41) is 5.41. The Morgan fingerprint density at radius 3 is 2.52 bits per heavy atom. The molecule has 2 aliphatic heterocycles. The molecule has 0 amide bonds. The third-order valence-corrected chi connectivity index (χ3v) is 4.26. The van der Waals surface area contributed by atoms with E-state index < -0.39 is 0 Å². The van der Waals surface area contributed by atoms with Crippen LogP contribution in [0.5, 0.6) is 0 Å². The number of hydrogen-bond donors (Lipinski definition) is 0. The molecule has 0 bridgehead atoms. The number of anilines is 2. The summed E-state index contributed by atoms with van der Waals surface area (Å²) in [4.78, 5) is 14.1. The minimum atomic E-state index is 0.742. The SMILES string of the molecule is Cn1ncc2c(N3CCCC3)nc(N3CCOCC3)nc21. The summed E-state index contributed by atoms with van der Waals surface area (Å²) in [7, 11) is 1.94. The normalized spacial score (nSPS) is 19.7. The summed E-state index contributed by atoms with van der Waals surface area (Å²) >= 11 is 0. The van der Waals surface area contributed by atoms with E-state index >= 15 is 0 Å². The largest absolute Gasteiger partial charge is 0.378 e. The van der Waals surface area contributed by atoms with Crippen LogP contribution in [0.25, 0.3) is 11.0 Å². The van der Waals surface area contributed by atoms with Crippen LogP contribution in [-0.4, -0.2) is 59.1 Å². The van der Waals surface area contributed by atoms with Crippen molar-refractivity contribution < 1.29 is 4.74 Å². The zero-order valence-corrected chi connectivity index (χ0v) is 12.3. The first kappa shape index (κ1) is 12.8. The molecule has 0 saturated carbocycles. The van der Waals surface area contributed by atoms with Crippen LogP contribution in [0, 0.1) is 0 Å². The van der Waals surface area contributed by atoms with Gasteiger partial charge in [0.25, 0.3) is 0 Å². The van der Waals surface area contributed by atoms with Gasteiger partial charge in [-0.1, -0.05) is 0 Å². The van der Waals surface area contributed by atoms with Crippen molar-refractivity contribution in [1.82, 2.24) is 19.7 Å². The molecule has 4 heterocycles. The van der Waals surface area contributed by atoms with Gasteiger partial charge in [-0.25, -0.2) is 0 Å². The molecule has 7 nitrogen and oxygen atoms in total. The molecule has 4 rings (SSSR count). The Balaban J connectivity index is 1.81. The number of rotatable bonds is 2. The number of morpholine rings is 1. The predicted octanol–water partition coefficient (Wildman–Crippen LogP) is 0.800. The Labute approximate surface area is 123 Å². The molecule has 7 heteroatoms. The molecule has 0 spiro atoms. The van der Waals surface area contributed by atoms with E-state index in [-0.39, 0.29) is 0 Å². The molecule has 2 saturated heterocycles. The van der Waals surface area contributed by atoms with Gasteiger partial charge in [0.15, 0.2) is 5.65 Å². The van der Waals surface area contributed by atoms with Crippen molar-refractivity contribution >= 4 is 22.8 Å². The van der Waals surface area contributed by atoms with E-state index in [1.54, 1.807) is 0 Å². The molecule has 2 aromatic heterocycles. The summed E-state index contributed by atoms with van der Waals surface area (Å²) in [6.45, 7) is 5.33. The van der Waals surface area contributed by atoms with E-state index in [1.807, 2.05) is 17.9 Å². The van der Waals surface area contributed by atoms with Crippen LogP contribution in [0.4, 0.5) is 11.8 Å². The Morgan fingerprint density at radius 2 is 1.76 bits per heavy atom. The molecular weight excluding hydrogens is 268 g/mol.